The van der Waals surface area contributed by atoms with Crippen molar-refractivity contribution in [2.45, 2.75) is 33.2 Å². The van der Waals surface area contributed by atoms with Gasteiger partial charge >= 0.3 is 12.0 Å². The molecule has 1 aromatic rings. The Kier molecular flexibility index (Phi) is 4.51. The third-order valence-electron chi connectivity index (χ3n) is 2.01. The van der Waals surface area contributed by atoms with Crippen LogP contribution in [0.1, 0.15) is 36.0 Å². The maximum absolute atomic E-state index is 11.5. The van der Waals surface area contributed by atoms with Crippen molar-refractivity contribution in [2.75, 3.05) is 5.32 Å². The molecule has 0 aromatic carbocycles. The van der Waals surface area contributed by atoms with Gasteiger partial charge in [0.25, 0.3) is 0 Å². The van der Waals surface area contributed by atoms with Gasteiger partial charge in [-0.05, 0) is 26.3 Å². The molecule has 0 radical (unpaired) electrons. The van der Waals surface area contributed by atoms with Crippen LogP contribution in [0.5, 0.6) is 0 Å². The summed E-state index contributed by atoms with van der Waals surface area (Å²) in [5, 5.41) is 14.6. The number of nitrogens with one attached hydrogen (secondary N) is 2. The highest BCUT2D eigenvalue weighted by Gasteiger charge is 2.16. The summed E-state index contributed by atoms with van der Waals surface area (Å²) in [4.78, 5) is 23.4. The minimum absolute atomic E-state index is 0.00823. The predicted octanol–water partition coefficient (Wildman–Crippen LogP) is 2.54. The van der Waals surface area contributed by atoms with Crippen LogP contribution < -0.4 is 10.6 Å². The van der Waals surface area contributed by atoms with E-state index in [9.17, 15) is 9.59 Å². The van der Waals surface area contributed by atoms with Gasteiger partial charge in [-0.15, -0.1) is 11.3 Å². The molecule has 0 aliphatic rings. The highest BCUT2D eigenvalue weighted by atomic mass is 32.1. The van der Waals surface area contributed by atoms with Crippen molar-refractivity contribution in [2.24, 2.45) is 0 Å². The Hall–Kier alpha value is -1.56. The van der Waals surface area contributed by atoms with Crippen LogP contribution in [0.2, 0.25) is 0 Å². The third-order valence-corrected chi connectivity index (χ3v) is 3.20. The molecule has 17 heavy (non-hydrogen) atoms. The lowest BCUT2D eigenvalue weighted by Crippen LogP contribution is -2.34. The molecule has 0 spiro atoms. The van der Waals surface area contributed by atoms with Crippen LogP contribution in [0.25, 0.3) is 0 Å². The lowest BCUT2D eigenvalue weighted by molar-refractivity contribution is 0.0698. The number of aryl methyl sites for hydroxylation is 1. The van der Waals surface area contributed by atoms with E-state index in [0.717, 1.165) is 11.3 Å². The third kappa shape index (κ3) is 3.74. The first-order valence-electron chi connectivity index (χ1n) is 5.37. The fraction of sp³-hybridized carbons (Fsp3) is 0.455. The summed E-state index contributed by atoms with van der Waals surface area (Å²) < 4.78 is 0. The van der Waals surface area contributed by atoms with Crippen LogP contribution >= 0.6 is 11.3 Å². The van der Waals surface area contributed by atoms with Crippen LogP contribution in [-0.2, 0) is 6.42 Å². The van der Waals surface area contributed by atoms with Crippen molar-refractivity contribution in [1.82, 2.24) is 5.32 Å². The number of rotatable bonds is 4. The van der Waals surface area contributed by atoms with E-state index in [1.807, 2.05) is 20.8 Å². The highest BCUT2D eigenvalue weighted by Crippen LogP contribution is 2.28. The molecule has 0 atom stereocenters. The van der Waals surface area contributed by atoms with Crippen LogP contribution in [0.4, 0.5) is 9.80 Å². The number of amides is 2. The molecule has 3 N–H and O–H groups in total. The van der Waals surface area contributed by atoms with Crippen molar-refractivity contribution in [3.05, 3.63) is 16.5 Å². The van der Waals surface area contributed by atoms with Crippen LogP contribution in [0, 0.1) is 0 Å². The summed E-state index contributed by atoms with van der Waals surface area (Å²) in [6.07, 6.45) is 0.748. The standard InChI is InChI=1S/C11H16N2O3S/c1-4-7-5-8(10(14)15)9(17-7)13-11(16)12-6(2)3/h5-6H,4H2,1-3H3,(H,14,15)(H2,12,13,16). The second-order valence-electron chi connectivity index (χ2n) is 3.87. The molecule has 0 fully saturated rings. The average Bonchev–Trinajstić information content (AvgIpc) is 2.59. The zero-order valence-corrected chi connectivity index (χ0v) is 10.9. The van der Waals surface area contributed by atoms with Gasteiger partial charge in [-0.2, -0.15) is 0 Å². The minimum atomic E-state index is -1.03. The van der Waals surface area contributed by atoms with Gasteiger partial charge in [0.1, 0.15) is 5.00 Å². The zero-order valence-electron chi connectivity index (χ0n) is 10.0. The predicted molar refractivity (Wildman–Crippen MR) is 67.9 cm³/mol. The minimum Gasteiger partial charge on any atom is -0.478 e. The molecule has 0 unspecified atom stereocenters. The van der Waals surface area contributed by atoms with Crippen LogP contribution in [0.15, 0.2) is 6.07 Å². The van der Waals surface area contributed by atoms with Crippen LogP contribution in [-0.4, -0.2) is 23.1 Å². The molecule has 5 nitrogen and oxygen atoms in total. The number of carboxylic acid groups (broad SMARTS) is 1. The molecule has 0 saturated heterocycles. The maximum atomic E-state index is 11.5. The van der Waals surface area contributed by atoms with Gasteiger partial charge < -0.3 is 10.4 Å². The molecule has 0 aliphatic heterocycles. The first-order chi connectivity index (χ1) is 7.93. The van der Waals surface area contributed by atoms with E-state index < -0.39 is 5.97 Å². The fourth-order valence-electron chi connectivity index (χ4n) is 1.27. The molecule has 6 heteroatoms. The number of carbonyl (C=O) groups is 2. The van der Waals surface area contributed by atoms with Crippen LogP contribution in [0.3, 0.4) is 0 Å². The summed E-state index contributed by atoms with van der Waals surface area (Å²) in [5.74, 6) is -1.03. The number of anilines is 1. The molecule has 0 aliphatic carbocycles. The van der Waals surface area contributed by atoms with Gasteiger partial charge in [-0.3, -0.25) is 5.32 Å². The largest absolute Gasteiger partial charge is 0.478 e. The molecule has 1 rings (SSSR count). The SMILES string of the molecule is CCc1cc(C(=O)O)c(NC(=O)NC(C)C)s1. The number of hydrogen-bond donors (Lipinski definition) is 3. The van der Waals surface area contributed by atoms with E-state index >= 15 is 0 Å². The van der Waals surface area contributed by atoms with Crippen molar-refractivity contribution >= 4 is 28.3 Å². The van der Waals surface area contributed by atoms with E-state index in [4.69, 9.17) is 5.11 Å². The highest BCUT2D eigenvalue weighted by molar-refractivity contribution is 7.16. The van der Waals surface area contributed by atoms with Crippen molar-refractivity contribution in [3.8, 4) is 0 Å². The fourth-order valence-corrected chi connectivity index (χ4v) is 2.25. The zero-order chi connectivity index (χ0) is 13.0. The topological polar surface area (TPSA) is 78.4 Å². The molecule has 0 saturated carbocycles. The Morgan fingerprint density at radius 2 is 2.12 bits per heavy atom. The van der Waals surface area contributed by atoms with E-state index in [0.29, 0.717) is 5.00 Å². The molecule has 0 bridgehead atoms. The summed E-state index contributed by atoms with van der Waals surface area (Å²) in [6, 6.07) is 1.22. The summed E-state index contributed by atoms with van der Waals surface area (Å²) in [7, 11) is 0. The van der Waals surface area contributed by atoms with Gasteiger partial charge in [0, 0.05) is 10.9 Å². The maximum Gasteiger partial charge on any atom is 0.338 e. The average molecular weight is 256 g/mol. The Morgan fingerprint density at radius 1 is 1.47 bits per heavy atom. The van der Waals surface area contributed by atoms with E-state index in [1.54, 1.807) is 6.07 Å². The Labute approximate surface area is 104 Å². The lowest BCUT2D eigenvalue weighted by Gasteiger charge is -2.09. The quantitative estimate of drug-likeness (QED) is 0.774. The van der Waals surface area contributed by atoms with Gasteiger partial charge in [-0.1, -0.05) is 6.92 Å². The van der Waals surface area contributed by atoms with Gasteiger partial charge in [0.05, 0.1) is 5.56 Å². The molecular formula is C11H16N2O3S. The summed E-state index contributed by atoms with van der Waals surface area (Å²) in [5.41, 5.74) is 0.144. The molecular weight excluding hydrogens is 240 g/mol. The first-order valence-corrected chi connectivity index (χ1v) is 6.19. The summed E-state index contributed by atoms with van der Waals surface area (Å²) in [6.45, 7) is 5.61. The Bertz CT molecular complexity index is 426. The molecule has 94 valence electrons. The summed E-state index contributed by atoms with van der Waals surface area (Å²) >= 11 is 1.29. The van der Waals surface area contributed by atoms with Crippen molar-refractivity contribution in [3.63, 3.8) is 0 Å². The van der Waals surface area contributed by atoms with Crippen molar-refractivity contribution in [1.29, 1.82) is 0 Å². The second-order valence-corrected chi connectivity index (χ2v) is 5.00. The lowest BCUT2D eigenvalue weighted by atomic mass is 10.2. The van der Waals surface area contributed by atoms with Gasteiger partial charge in [0.2, 0.25) is 0 Å². The van der Waals surface area contributed by atoms with Gasteiger partial charge in [0.15, 0.2) is 0 Å². The first kappa shape index (κ1) is 13.5. The second kappa shape index (κ2) is 5.67. The van der Waals surface area contributed by atoms with E-state index in [1.165, 1.54) is 11.3 Å². The number of carbonyl (C=O) groups excluding carboxylic acids is 1. The number of carboxylic acids is 1. The molecule has 1 aromatic heterocycles. The normalized spacial score (nSPS) is 10.4. The Morgan fingerprint density at radius 3 is 2.59 bits per heavy atom. The number of aromatic carboxylic acids is 1. The van der Waals surface area contributed by atoms with Crippen molar-refractivity contribution < 1.29 is 14.7 Å². The monoisotopic (exact) mass is 256 g/mol. The molecule has 1 heterocycles. The Balaban J connectivity index is 2.85. The van der Waals surface area contributed by atoms with Gasteiger partial charge in [-0.25, -0.2) is 9.59 Å². The number of thiophene rings is 1. The van der Waals surface area contributed by atoms with E-state index in [-0.39, 0.29) is 17.6 Å². The number of urea groups is 1. The molecule has 2 amide bonds. The van der Waals surface area contributed by atoms with E-state index in [2.05, 4.69) is 10.6 Å². The number of hydrogen-bond acceptors (Lipinski definition) is 3. The smallest absolute Gasteiger partial charge is 0.338 e.